The molecule has 0 bridgehead atoms. The van der Waals surface area contributed by atoms with E-state index in [4.69, 9.17) is 9.47 Å². The maximum atomic E-state index is 6.20. The first kappa shape index (κ1) is 23.8. The molecule has 0 fully saturated rings. The number of ether oxygens (including phenoxy) is 2. The van der Waals surface area contributed by atoms with Crippen LogP contribution in [0.4, 0.5) is 0 Å². The van der Waals surface area contributed by atoms with Crippen LogP contribution in [0.5, 0.6) is 11.5 Å². The lowest BCUT2D eigenvalue weighted by Gasteiger charge is -2.34. The Balaban J connectivity index is 2.95. The molecule has 0 aliphatic rings. The summed E-state index contributed by atoms with van der Waals surface area (Å²) in [4.78, 5) is 0. The number of rotatable bonds is 12. The number of alkyl halides is 2. The summed E-state index contributed by atoms with van der Waals surface area (Å²) in [5, 5.41) is 2.05. The van der Waals surface area contributed by atoms with Gasteiger partial charge in [0, 0.05) is 22.3 Å². The van der Waals surface area contributed by atoms with E-state index in [-0.39, 0.29) is 10.8 Å². The molecule has 26 heavy (non-hydrogen) atoms. The van der Waals surface area contributed by atoms with E-state index in [9.17, 15) is 0 Å². The fraction of sp³-hybridized carbons (Fsp3) is 0.727. The van der Waals surface area contributed by atoms with Crippen molar-refractivity contribution in [3.63, 3.8) is 0 Å². The van der Waals surface area contributed by atoms with Crippen molar-refractivity contribution in [2.45, 2.75) is 72.1 Å². The van der Waals surface area contributed by atoms with Gasteiger partial charge in [-0.25, -0.2) is 0 Å². The maximum absolute atomic E-state index is 6.20. The molecule has 0 saturated heterocycles. The fourth-order valence-electron chi connectivity index (χ4n) is 3.46. The van der Waals surface area contributed by atoms with Crippen LogP contribution in [-0.4, -0.2) is 23.9 Å². The van der Waals surface area contributed by atoms with Gasteiger partial charge in [-0.2, -0.15) is 0 Å². The van der Waals surface area contributed by atoms with Crippen LogP contribution in [0.1, 0.15) is 72.3 Å². The third kappa shape index (κ3) is 9.12. The van der Waals surface area contributed by atoms with Crippen LogP contribution in [0.15, 0.2) is 18.2 Å². The van der Waals surface area contributed by atoms with Crippen molar-refractivity contribution < 1.29 is 9.47 Å². The van der Waals surface area contributed by atoms with Crippen LogP contribution in [0.25, 0.3) is 0 Å². The molecule has 0 saturated carbocycles. The Morgan fingerprint density at radius 3 is 1.92 bits per heavy atom. The quantitative estimate of drug-likeness (QED) is 0.222. The van der Waals surface area contributed by atoms with Crippen molar-refractivity contribution in [1.29, 1.82) is 0 Å². The lowest BCUT2D eigenvalue weighted by molar-refractivity contribution is 0.261. The van der Waals surface area contributed by atoms with Crippen LogP contribution < -0.4 is 9.47 Å². The lowest BCUT2D eigenvalue weighted by atomic mass is 9.72. The number of hydrogen-bond donors (Lipinski definition) is 0. The third-order valence-corrected chi connectivity index (χ3v) is 5.36. The van der Waals surface area contributed by atoms with Gasteiger partial charge in [-0.15, -0.1) is 0 Å². The largest absolute Gasteiger partial charge is 0.493 e. The maximum Gasteiger partial charge on any atom is 0.126 e. The van der Waals surface area contributed by atoms with E-state index in [2.05, 4.69) is 84.7 Å². The van der Waals surface area contributed by atoms with Crippen LogP contribution in [0.2, 0.25) is 0 Å². The molecule has 0 spiro atoms. The smallest absolute Gasteiger partial charge is 0.126 e. The molecule has 0 aliphatic heterocycles. The van der Waals surface area contributed by atoms with Gasteiger partial charge in [0.2, 0.25) is 0 Å². The molecule has 0 heterocycles. The van der Waals surface area contributed by atoms with Gasteiger partial charge in [0.25, 0.3) is 0 Å². The average Bonchev–Trinajstić information content (AvgIpc) is 2.53. The summed E-state index contributed by atoms with van der Waals surface area (Å²) < 4.78 is 12.1. The first-order valence-corrected chi connectivity index (χ1v) is 12.0. The van der Waals surface area contributed by atoms with E-state index in [0.717, 1.165) is 67.5 Å². The molecule has 0 unspecified atom stereocenters. The molecule has 2 nitrogen and oxygen atoms in total. The Morgan fingerprint density at radius 1 is 0.808 bits per heavy atom. The highest BCUT2D eigenvalue weighted by atomic mass is 79.9. The van der Waals surface area contributed by atoms with Gasteiger partial charge in [0.15, 0.2) is 0 Å². The summed E-state index contributed by atoms with van der Waals surface area (Å²) in [6, 6.07) is 6.38. The Labute approximate surface area is 177 Å². The van der Waals surface area contributed by atoms with E-state index >= 15 is 0 Å². The summed E-state index contributed by atoms with van der Waals surface area (Å²) in [7, 11) is 0. The van der Waals surface area contributed by atoms with E-state index in [1.807, 2.05) is 0 Å². The second kappa shape index (κ2) is 11.6. The predicted molar refractivity (Wildman–Crippen MR) is 121 cm³/mol. The van der Waals surface area contributed by atoms with Crippen LogP contribution in [-0.2, 0) is 5.41 Å². The normalized spacial score (nSPS) is 12.3. The second-order valence-corrected chi connectivity index (χ2v) is 10.4. The minimum absolute atomic E-state index is 0.0531. The molecule has 1 aromatic carbocycles. The Bertz CT molecular complexity index is 521. The van der Waals surface area contributed by atoms with Gasteiger partial charge in [-0.1, -0.05) is 72.5 Å². The van der Waals surface area contributed by atoms with Crippen LogP contribution in [0, 0.1) is 5.41 Å². The zero-order valence-electron chi connectivity index (χ0n) is 17.2. The van der Waals surface area contributed by atoms with Crippen molar-refractivity contribution in [2.75, 3.05) is 23.9 Å². The monoisotopic (exact) mass is 490 g/mol. The SMILES string of the molecule is CC(C)(C)CC(C)(C)c1ccc(OCCCCBr)cc1OCCCCBr. The van der Waals surface area contributed by atoms with E-state index in [1.54, 1.807) is 0 Å². The van der Waals surface area contributed by atoms with Crippen LogP contribution in [0.3, 0.4) is 0 Å². The number of hydrogen-bond acceptors (Lipinski definition) is 2. The van der Waals surface area contributed by atoms with Crippen molar-refractivity contribution in [1.82, 2.24) is 0 Å². The molecule has 0 N–H and O–H groups in total. The number of unbranched alkanes of at least 4 members (excludes halogenated alkanes) is 2. The standard InChI is InChI=1S/C22H36Br2O2/c1-21(2,3)17-22(4,5)19-11-10-18(25-14-8-6-12-23)16-20(19)26-15-9-7-13-24/h10-11,16H,6-9,12-15,17H2,1-5H3. The second-order valence-electron chi connectivity index (χ2n) is 8.77. The van der Waals surface area contributed by atoms with E-state index in [1.165, 1.54) is 5.56 Å². The van der Waals surface area contributed by atoms with Gasteiger partial charge in [-0.05, 0) is 49.0 Å². The van der Waals surface area contributed by atoms with Gasteiger partial charge < -0.3 is 9.47 Å². The van der Waals surface area contributed by atoms with E-state index in [0.29, 0.717) is 0 Å². The van der Waals surface area contributed by atoms with Crippen LogP contribution >= 0.6 is 31.9 Å². The van der Waals surface area contributed by atoms with Gasteiger partial charge in [-0.3, -0.25) is 0 Å². The van der Waals surface area contributed by atoms with Gasteiger partial charge >= 0.3 is 0 Å². The van der Waals surface area contributed by atoms with Crippen molar-refractivity contribution in [3.05, 3.63) is 23.8 Å². The predicted octanol–water partition coefficient (Wildman–Crippen LogP) is 7.51. The number of halogens is 2. The minimum Gasteiger partial charge on any atom is -0.493 e. The molecule has 0 atom stereocenters. The Hall–Kier alpha value is -0.220. The zero-order valence-corrected chi connectivity index (χ0v) is 20.3. The molecule has 1 aromatic rings. The highest BCUT2D eigenvalue weighted by molar-refractivity contribution is 9.09. The highest BCUT2D eigenvalue weighted by Gasteiger charge is 2.30. The molecule has 1 rings (SSSR count). The molecule has 150 valence electrons. The molecule has 0 aromatic heterocycles. The fourth-order valence-corrected chi connectivity index (χ4v) is 4.25. The Kier molecular flexibility index (Phi) is 10.6. The van der Waals surface area contributed by atoms with Crippen molar-refractivity contribution >= 4 is 31.9 Å². The summed E-state index contributed by atoms with van der Waals surface area (Å²) in [5.74, 6) is 1.89. The molecule has 0 amide bonds. The molecule has 4 heteroatoms. The zero-order chi connectivity index (χ0) is 19.6. The highest BCUT2D eigenvalue weighted by Crippen LogP contribution is 2.41. The summed E-state index contributed by atoms with van der Waals surface area (Å²) in [6.07, 6.45) is 5.48. The summed E-state index contributed by atoms with van der Waals surface area (Å²) >= 11 is 6.95. The van der Waals surface area contributed by atoms with Crippen molar-refractivity contribution in [2.24, 2.45) is 5.41 Å². The molecule has 0 radical (unpaired) electrons. The topological polar surface area (TPSA) is 18.5 Å². The minimum atomic E-state index is 0.0531. The van der Waals surface area contributed by atoms with Gasteiger partial charge in [0.1, 0.15) is 11.5 Å². The lowest BCUT2D eigenvalue weighted by Crippen LogP contribution is -2.25. The third-order valence-electron chi connectivity index (χ3n) is 4.24. The Morgan fingerprint density at radius 2 is 1.38 bits per heavy atom. The number of benzene rings is 1. The summed E-state index contributed by atoms with van der Waals surface area (Å²) in [5.41, 5.74) is 1.60. The molecule has 0 aliphatic carbocycles. The average molecular weight is 492 g/mol. The van der Waals surface area contributed by atoms with Crippen molar-refractivity contribution in [3.8, 4) is 11.5 Å². The first-order valence-electron chi connectivity index (χ1n) is 9.72. The summed E-state index contributed by atoms with van der Waals surface area (Å²) in [6.45, 7) is 13.0. The first-order chi connectivity index (χ1) is 12.2. The van der Waals surface area contributed by atoms with Gasteiger partial charge in [0.05, 0.1) is 13.2 Å². The molecular weight excluding hydrogens is 456 g/mol. The van der Waals surface area contributed by atoms with E-state index < -0.39 is 0 Å². The molecular formula is C22H36Br2O2.